The minimum absolute atomic E-state index is 0.310. The van der Waals surface area contributed by atoms with Crippen molar-refractivity contribution in [1.82, 2.24) is 0 Å². The molecule has 0 aromatic heterocycles. The van der Waals surface area contributed by atoms with E-state index in [4.69, 9.17) is 13.6 Å². The van der Waals surface area contributed by atoms with Crippen molar-refractivity contribution in [2.24, 2.45) is 0 Å². The molecule has 1 unspecified atom stereocenters. The SMILES string of the molecule is CCCCCCCCO[Si](C)(C)OCC1CCCO1. The van der Waals surface area contributed by atoms with Crippen molar-refractivity contribution in [3.05, 3.63) is 0 Å². The van der Waals surface area contributed by atoms with E-state index >= 15 is 0 Å². The Hall–Kier alpha value is 0.0969. The number of rotatable bonds is 11. The van der Waals surface area contributed by atoms with Gasteiger partial charge in [0.25, 0.3) is 0 Å². The Morgan fingerprint density at radius 2 is 1.79 bits per heavy atom. The molecule has 0 N–H and O–H groups in total. The fourth-order valence-electron chi connectivity index (χ4n) is 2.31. The topological polar surface area (TPSA) is 27.7 Å². The van der Waals surface area contributed by atoms with E-state index in [1.54, 1.807) is 0 Å². The van der Waals surface area contributed by atoms with Gasteiger partial charge in [0.15, 0.2) is 0 Å². The van der Waals surface area contributed by atoms with Gasteiger partial charge in [-0.2, -0.15) is 0 Å². The summed E-state index contributed by atoms with van der Waals surface area (Å²) in [4.78, 5) is 0. The summed E-state index contributed by atoms with van der Waals surface area (Å²) in [7, 11) is -1.93. The fraction of sp³-hybridized carbons (Fsp3) is 1.00. The minimum atomic E-state index is -1.93. The standard InChI is InChI=1S/C15H32O3Si/c1-4-5-6-7-8-9-13-17-19(2,3)18-14-15-11-10-12-16-15/h15H,4-14H2,1-3H3. The lowest BCUT2D eigenvalue weighted by atomic mass is 10.1. The smallest absolute Gasteiger partial charge is 0.331 e. The highest BCUT2D eigenvalue weighted by Gasteiger charge is 2.27. The molecule has 114 valence electrons. The lowest BCUT2D eigenvalue weighted by Crippen LogP contribution is -2.37. The first-order chi connectivity index (χ1) is 9.14. The number of hydrogen-bond donors (Lipinski definition) is 0. The summed E-state index contributed by atoms with van der Waals surface area (Å²) in [6.07, 6.45) is 10.5. The van der Waals surface area contributed by atoms with Gasteiger partial charge in [-0.1, -0.05) is 39.0 Å². The molecule has 0 aliphatic carbocycles. The zero-order valence-corrected chi connectivity index (χ0v) is 14.1. The second-order valence-electron chi connectivity index (χ2n) is 5.96. The van der Waals surface area contributed by atoms with Gasteiger partial charge >= 0.3 is 8.56 Å². The molecule has 0 radical (unpaired) electrons. The van der Waals surface area contributed by atoms with Crippen LogP contribution in [0.25, 0.3) is 0 Å². The average molecular weight is 289 g/mol. The first-order valence-corrected chi connectivity index (χ1v) is 10.9. The maximum Gasteiger partial charge on any atom is 0.331 e. The summed E-state index contributed by atoms with van der Waals surface area (Å²) in [5, 5.41) is 0. The third kappa shape index (κ3) is 8.79. The average Bonchev–Trinajstić information content (AvgIpc) is 2.89. The van der Waals surface area contributed by atoms with E-state index in [-0.39, 0.29) is 0 Å². The van der Waals surface area contributed by atoms with E-state index in [9.17, 15) is 0 Å². The van der Waals surface area contributed by atoms with Crippen molar-refractivity contribution in [1.29, 1.82) is 0 Å². The zero-order valence-electron chi connectivity index (χ0n) is 13.1. The molecule has 1 rings (SSSR count). The number of unbranched alkanes of at least 4 members (excludes halogenated alkanes) is 5. The van der Waals surface area contributed by atoms with Gasteiger partial charge in [0, 0.05) is 13.2 Å². The summed E-state index contributed by atoms with van der Waals surface area (Å²) in [5.41, 5.74) is 0. The van der Waals surface area contributed by atoms with E-state index in [1.165, 1.54) is 44.9 Å². The molecule has 1 aliphatic rings. The second-order valence-corrected chi connectivity index (χ2v) is 9.34. The normalized spacial score (nSPS) is 20.1. The predicted octanol–water partition coefficient (Wildman–Crippen LogP) is 4.26. The van der Waals surface area contributed by atoms with Gasteiger partial charge in [-0.25, -0.2) is 0 Å². The molecule has 4 heteroatoms. The van der Waals surface area contributed by atoms with Crippen molar-refractivity contribution in [3.8, 4) is 0 Å². The maximum atomic E-state index is 5.96. The predicted molar refractivity (Wildman–Crippen MR) is 81.7 cm³/mol. The van der Waals surface area contributed by atoms with Gasteiger partial charge < -0.3 is 13.6 Å². The molecule has 1 saturated heterocycles. The third-order valence-corrected chi connectivity index (χ3v) is 5.35. The van der Waals surface area contributed by atoms with Crippen LogP contribution in [0, 0.1) is 0 Å². The van der Waals surface area contributed by atoms with Crippen LogP contribution in [0.4, 0.5) is 0 Å². The van der Waals surface area contributed by atoms with E-state index < -0.39 is 8.56 Å². The maximum absolute atomic E-state index is 5.96. The highest BCUT2D eigenvalue weighted by molar-refractivity contribution is 6.64. The van der Waals surface area contributed by atoms with Gasteiger partial charge in [-0.05, 0) is 32.4 Å². The zero-order chi connectivity index (χ0) is 14.0. The molecule has 0 bridgehead atoms. The lowest BCUT2D eigenvalue weighted by Gasteiger charge is -2.24. The van der Waals surface area contributed by atoms with E-state index in [1.807, 2.05) is 0 Å². The molecule has 3 nitrogen and oxygen atoms in total. The third-order valence-electron chi connectivity index (χ3n) is 3.59. The van der Waals surface area contributed by atoms with Crippen molar-refractivity contribution in [3.63, 3.8) is 0 Å². The van der Waals surface area contributed by atoms with Crippen molar-refractivity contribution < 1.29 is 13.6 Å². The van der Waals surface area contributed by atoms with Crippen LogP contribution in [-0.4, -0.2) is 34.5 Å². The van der Waals surface area contributed by atoms with Crippen LogP contribution < -0.4 is 0 Å². The van der Waals surface area contributed by atoms with Gasteiger partial charge in [0.1, 0.15) is 0 Å². The lowest BCUT2D eigenvalue weighted by molar-refractivity contribution is 0.0504. The van der Waals surface area contributed by atoms with Crippen LogP contribution in [0.1, 0.15) is 58.3 Å². The molecular weight excluding hydrogens is 256 g/mol. The Morgan fingerprint density at radius 1 is 1.05 bits per heavy atom. The molecule has 1 heterocycles. The molecule has 1 aliphatic heterocycles. The molecule has 19 heavy (non-hydrogen) atoms. The quantitative estimate of drug-likeness (QED) is 0.420. The summed E-state index contributed by atoms with van der Waals surface area (Å²) < 4.78 is 17.5. The molecule has 0 aromatic rings. The fourth-order valence-corrected chi connectivity index (χ4v) is 3.62. The largest absolute Gasteiger partial charge is 0.395 e. The molecule has 0 aromatic carbocycles. The minimum Gasteiger partial charge on any atom is -0.395 e. The first kappa shape index (κ1) is 17.1. The Balaban J connectivity index is 1.96. The highest BCUT2D eigenvalue weighted by atomic mass is 28.4. The van der Waals surface area contributed by atoms with Gasteiger partial charge in [-0.15, -0.1) is 0 Å². The van der Waals surface area contributed by atoms with Gasteiger partial charge in [0.05, 0.1) is 12.7 Å². The van der Waals surface area contributed by atoms with Crippen LogP contribution >= 0.6 is 0 Å². The summed E-state index contributed by atoms with van der Waals surface area (Å²) >= 11 is 0. The second kappa shape index (κ2) is 9.92. The molecule has 0 spiro atoms. The van der Waals surface area contributed by atoms with Crippen LogP contribution in [-0.2, 0) is 13.6 Å². The Bertz CT molecular complexity index is 215. The van der Waals surface area contributed by atoms with Gasteiger partial charge in [-0.3, -0.25) is 0 Å². The number of hydrogen-bond acceptors (Lipinski definition) is 3. The van der Waals surface area contributed by atoms with E-state index in [0.717, 1.165) is 26.2 Å². The molecule has 0 saturated carbocycles. The van der Waals surface area contributed by atoms with Crippen LogP contribution in [0.3, 0.4) is 0 Å². The van der Waals surface area contributed by atoms with Crippen LogP contribution in [0.2, 0.25) is 13.1 Å². The molecular formula is C15H32O3Si. The molecule has 1 fully saturated rings. The number of ether oxygens (including phenoxy) is 1. The van der Waals surface area contributed by atoms with Crippen molar-refractivity contribution >= 4 is 8.56 Å². The monoisotopic (exact) mass is 288 g/mol. The van der Waals surface area contributed by atoms with Crippen molar-refractivity contribution in [2.45, 2.75) is 77.5 Å². The summed E-state index contributed by atoms with van der Waals surface area (Å²) in [5.74, 6) is 0. The first-order valence-electron chi connectivity index (χ1n) is 8.03. The van der Waals surface area contributed by atoms with E-state index in [0.29, 0.717) is 6.10 Å². The molecule has 1 atom stereocenters. The Labute approximate surface area is 120 Å². The Morgan fingerprint density at radius 3 is 2.47 bits per heavy atom. The van der Waals surface area contributed by atoms with E-state index in [2.05, 4.69) is 20.0 Å². The molecule has 0 amide bonds. The van der Waals surface area contributed by atoms with Crippen LogP contribution in [0.15, 0.2) is 0 Å². The van der Waals surface area contributed by atoms with Crippen LogP contribution in [0.5, 0.6) is 0 Å². The Kier molecular flexibility index (Phi) is 8.95. The van der Waals surface area contributed by atoms with Gasteiger partial charge in [0.2, 0.25) is 0 Å². The highest BCUT2D eigenvalue weighted by Crippen LogP contribution is 2.16. The summed E-state index contributed by atoms with van der Waals surface area (Å²) in [6, 6.07) is 0. The van der Waals surface area contributed by atoms with Crippen molar-refractivity contribution in [2.75, 3.05) is 19.8 Å². The summed E-state index contributed by atoms with van der Waals surface area (Å²) in [6.45, 7) is 9.00.